The molecule has 0 aliphatic carbocycles. The maximum absolute atomic E-state index is 12.3. The van der Waals surface area contributed by atoms with E-state index in [0.717, 1.165) is 4.57 Å². The van der Waals surface area contributed by atoms with E-state index in [2.05, 4.69) is 4.98 Å². The fourth-order valence-electron chi connectivity index (χ4n) is 3.61. The van der Waals surface area contributed by atoms with Crippen LogP contribution in [-0.2, 0) is 16.1 Å². The van der Waals surface area contributed by atoms with Crippen molar-refractivity contribution in [2.45, 2.75) is 51.4 Å². The summed E-state index contributed by atoms with van der Waals surface area (Å²) >= 11 is 0. The summed E-state index contributed by atoms with van der Waals surface area (Å²) in [5, 5.41) is 30.5. The molecule has 31 heavy (non-hydrogen) atoms. The zero-order valence-corrected chi connectivity index (χ0v) is 17.1. The second-order valence-corrected chi connectivity index (χ2v) is 7.73. The Bertz CT molecular complexity index is 1050. The third-order valence-corrected chi connectivity index (χ3v) is 5.20. The molecule has 1 aromatic heterocycles. The molecule has 2 heterocycles. The highest BCUT2D eigenvalue weighted by molar-refractivity contribution is 5.41. The van der Waals surface area contributed by atoms with E-state index in [1.807, 2.05) is 13.8 Å². The molecule has 3 N–H and O–H groups in total. The molecule has 0 radical (unpaired) electrons. The summed E-state index contributed by atoms with van der Waals surface area (Å²) in [5.74, 6) is -0.135. The number of nitrogens with zero attached hydrogens (tertiary/aromatic N) is 2. The number of nitrogens with one attached hydrogen (secondary N) is 1. The van der Waals surface area contributed by atoms with Gasteiger partial charge < -0.3 is 19.7 Å². The number of benzene rings is 1. The molecular formula is C20H25N3O8. The van der Waals surface area contributed by atoms with Gasteiger partial charge in [-0.3, -0.25) is 24.5 Å². The standard InChI is InChI=1S/C20H25N3O8/c1-11(2)18(13-5-3-4-6-14(13)23(28)29)30-10-12-8-22(20(27)21-19(12)26)17-7-15(25)16(9-24)31-17/h3-6,8,11,15-18,24-25H,7,9-10H2,1-2H3,(H,21,26,27)/t15?,16-,17-,18?/m1/s1. The van der Waals surface area contributed by atoms with Gasteiger partial charge in [0.2, 0.25) is 0 Å². The summed E-state index contributed by atoms with van der Waals surface area (Å²) < 4.78 is 12.5. The van der Waals surface area contributed by atoms with E-state index in [-0.39, 0.29) is 30.2 Å². The summed E-state index contributed by atoms with van der Waals surface area (Å²) in [6, 6.07) is 6.24. The van der Waals surface area contributed by atoms with Crippen molar-refractivity contribution in [2.75, 3.05) is 6.61 Å². The van der Waals surface area contributed by atoms with Gasteiger partial charge >= 0.3 is 5.69 Å². The normalized spacial score (nSPS) is 22.0. The number of aliphatic hydroxyl groups excluding tert-OH is 2. The van der Waals surface area contributed by atoms with Gasteiger partial charge in [0, 0.05) is 18.7 Å². The van der Waals surface area contributed by atoms with E-state index in [9.17, 15) is 29.9 Å². The summed E-state index contributed by atoms with van der Waals surface area (Å²) in [7, 11) is 0. The van der Waals surface area contributed by atoms with Crippen molar-refractivity contribution in [3.8, 4) is 0 Å². The first kappa shape index (κ1) is 22.8. The first-order valence-corrected chi connectivity index (χ1v) is 9.86. The molecule has 4 atom stereocenters. The molecule has 3 rings (SSSR count). The van der Waals surface area contributed by atoms with Crippen molar-refractivity contribution in [1.29, 1.82) is 0 Å². The first-order chi connectivity index (χ1) is 14.7. The Hall–Kier alpha value is -2.86. The Morgan fingerprint density at radius 2 is 2.06 bits per heavy atom. The van der Waals surface area contributed by atoms with Crippen LogP contribution in [0, 0.1) is 16.0 Å². The fourth-order valence-corrected chi connectivity index (χ4v) is 3.61. The zero-order chi connectivity index (χ0) is 22.7. The monoisotopic (exact) mass is 435 g/mol. The third kappa shape index (κ3) is 4.90. The number of nitro benzene ring substituents is 1. The molecule has 0 bridgehead atoms. The maximum atomic E-state index is 12.3. The molecule has 1 aliphatic heterocycles. The topological polar surface area (TPSA) is 157 Å². The van der Waals surface area contributed by atoms with Crippen LogP contribution in [0.5, 0.6) is 0 Å². The molecule has 11 nitrogen and oxygen atoms in total. The number of ether oxygens (including phenoxy) is 2. The number of rotatable bonds is 8. The second-order valence-electron chi connectivity index (χ2n) is 7.73. The van der Waals surface area contributed by atoms with E-state index in [0.29, 0.717) is 5.56 Å². The van der Waals surface area contributed by atoms with Gasteiger partial charge in [0.15, 0.2) is 0 Å². The number of hydrogen-bond donors (Lipinski definition) is 3. The van der Waals surface area contributed by atoms with Gasteiger partial charge in [-0.2, -0.15) is 0 Å². The van der Waals surface area contributed by atoms with Crippen LogP contribution in [0.3, 0.4) is 0 Å². The minimum Gasteiger partial charge on any atom is -0.394 e. The SMILES string of the molecule is CC(C)C(OCc1cn([C@H]2CC(O)[C@@H](CO)O2)c(=O)[nH]c1=O)c1ccccc1[N+](=O)[O-]. The largest absolute Gasteiger partial charge is 0.394 e. The minimum atomic E-state index is -0.947. The maximum Gasteiger partial charge on any atom is 0.330 e. The lowest BCUT2D eigenvalue weighted by molar-refractivity contribution is -0.386. The van der Waals surface area contributed by atoms with Gasteiger partial charge in [0.1, 0.15) is 12.3 Å². The van der Waals surface area contributed by atoms with Crippen LogP contribution in [0.4, 0.5) is 5.69 Å². The quantitative estimate of drug-likeness (QED) is 0.409. The number of aromatic nitrogens is 2. The second kappa shape index (κ2) is 9.52. The van der Waals surface area contributed by atoms with Gasteiger partial charge in [0.25, 0.3) is 11.2 Å². The van der Waals surface area contributed by atoms with Crippen molar-refractivity contribution < 1.29 is 24.6 Å². The number of hydrogen-bond acceptors (Lipinski definition) is 8. The van der Waals surface area contributed by atoms with Crippen LogP contribution < -0.4 is 11.2 Å². The van der Waals surface area contributed by atoms with Gasteiger partial charge in [-0.1, -0.05) is 26.0 Å². The highest BCUT2D eigenvalue weighted by Crippen LogP contribution is 2.33. The molecule has 168 valence electrons. The summed E-state index contributed by atoms with van der Waals surface area (Å²) in [6.45, 7) is 3.07. The number of H-pyrrole nitrogens is 1. The predicted octanol–water partition coefficient (Wildman–Crippen LogP) is 0.999. The molecule has 1 fully saturated rings. The summed E-state index contributed by atoms with van der Waals surface area (Å²) in [5.41, 5.74) is -0.939. The Morgan fingerprint density at radius 3 is 2.68 bits per heavy atom. The Kier molecular flexibility index (Phi) is 7.01. The van der Waals surface area contributed by atoms with E-state index < -0.39 is 47.3 Å². The molecule has 1 saturated heterocycles. The lowest BCUT2D eigenvalue weighted by Gasteiger charge is -2.22. The molecule has 0 saturated carbocycles. The predicted molar refractivity (Wildman–Crippen MR) is 108 cm³/mol. The summed E-state index contributed by atoms with van der Waals surface area (Å²) in [6.07, 6.45) is -1.93. The van der Waals surface area contributed by atoms with Crippen LogP contribution in [0.1, 0.15) is 43.7 Å². The van der Waals surface area contributed by atoms with Crippen molar-refractivity contribution in [2.24, 2.45) is 5.92 Å². The van der Waals surface area contributed by atoms with E-state index in [1.165, 1.54) is 12.3 Å². The average molecular weight is 435 g/mol. The molecule has 11 heteroatoms. The lowest BCUT2D eigenvalue weighted by atomic mass is 9.97. The van der Waals surface area contributed by atoms with Gasteiger partial charge in [0.05, 0.1) is 41.5 Å². The highest BCUT2D eigenvalue weighted by atomic mass is 16.6. The number of aromatic amines is 1. The molecule has 1 aromatic carbocycles. The smallest absolute Gasteiger partial charge is 0.330 e. The van der Waals surface area contributed by atoms with Gasteiger partial charge in [-0.05, 0) is 12.0 Å². The van der Waals surface area contributed by atoms with Crippen molar-refractivity contribution >= 4 is 5.69 Å². The zero-order valence-electron chi connectivity index (χ0n) is 17.1. The molecule has 2 unspecified atom stereocenters. The van der Waals surface area contributed by atoms with Gasteiger partial charge in [-0.25, -0.2) is 4.79 Å². The van der Waals surface area contributed by atoms with Crippen LogP contribution in [-0.4, -0.2) is 43.5 Å². The Labute approximate surface area is 177 Å². The number of para-hydroxylation sites is 1. The van der Waals surface area contributed by atoms with E-state index in [1.54, 1.807) is 18.2 Å². The van der Waals surface area contributed by atoms with Crippen LogP contribution in [0.2, 0.25) is 0 Å². The Morgan fingerprint density at radius 1 is 1.35 bits per heavy atom. The minimum absolute atomic E-state index is 0.0717. The van der Waals surface area contributed by atoms with Crippen LogP contribution in [0.15, 0.2) is 40.1 Å². The molecule has 2 aromatic rings. The molecule has 0 amide bonds. The van der Waals surface area contributed by atoms with Crippen LogP contribution in [0.25, 0.3) is 0 Å². The summed E-state index contributed by atoms with van der Waals surface area (Å²) in [4.78, 5) is 37.6. The molecule has 1 aliphatic rings. The van der Waals surface area contributed by atoms with Gasteiger partial charge in [-0.15, -0.1) is 0 Å². The number of aliphatic hydroxyl groups is 2. The van der Waals surface area contributed by atoms with Crippen molar-refractivity contribution in [3.05, 3.63) is 72.5 Å². The number of nitro groups is 1. The van der Waals surface area contributed by atoms with Crippen molar-refractivity contribution in [3.63, 3.8) is 0 Å². The Balaban J connectivity index is 1.86. The van der Waals surface area contributed by atoms with Crippen LogP contribution >= 0.6 is 0 Å². The first-order valence-electron chi connectivity index (χ1n) is 9.86. The third-order valence-electron chi connectivity index (χ3n) is 5.20. The molecular weight excluding hydrogens is 410 g/mol. The molecule has 0 spiro atoms. The lowest BCUT2D eigenvalue weighted by Crippen LogP contribution is -2.34. The fraction of sp³-hybridized carbons (Fsp3) is 0.500. The van der Waals surface area contributed by atoms with E-state index >= 15 is 0 Å². The van der Waals surface area contributed by atoms with Crippen molar-refractivity contribution in [1.82, 2.24) is 9.55 Å². The average Bonchev–Trinajstić information content (AvgIpc) is 3.10. The highest BCUT2D eigenvalue weighted by Gasteiger charge is 2.35. The van der Waals surface area contributed by atoms with E-state index in [4.69, 9.17) is 9.47 Å².